The van der Waals surface area contributed by atoms with Crippen molar-refractivity contribution in [3.8, 4) is 95.3 Å². The minimum atomic E-state index is -0.197. The number of hydrogen-bond acceptors (Lipinski definition) is 2. The van der Waals surface area contributed by atoms with Crippen LogP contribution in [0.1, 0.15) is 25.0 Å². The number of ether oxygens (including phenoxy) is 1. The Balaban J connectivity index is 1.13. The third-order valence-corrected chi connectivity index (χ3v) is 12.9. The van der Waals surface area contributed by atoms with Gasteiger partial charge in [-0.25, -0.2) is 4.98 Å². The fourth-order valence-electron chi connectivity index (χ4n) is 9.89. The molecule has 1 aromatic heterocycles. The van der Waals surface area contributed by atoms with Crippen molar-refractivity contribution >= 4 is 11.0 Å². The summed E-state index contributed by atoms with van der Waals surface area (Å²) in [5.74, 6) is 2.59. The van der Waals surface area contributed by atoms with Crippen LogP contribution in [0.4, 0.5) is 0 Å². The van der Waals surface area contributed by atoms with E-state index in [1.165, 1.54) is 38.9 Å². The van der Waals surface area contributed by atoms with Gasteiger partial charge in [-0.1, -0.05) is 172 Å². The van der Waals surface area contributed by atoms with Gasteiger partial charge >= 0.3 is 0 Å². The molecule has 9 aromatic carbocycles. The van der Waals surface area contributed by atoms with E-state index in [9.17, 15) is 0 Å². The van der Waals surface area contributed by atoms with Crippen LogP contribution in [0.25, 0.3) is 94.9 Å². The highest BCUT2D eigenvalue weighted by molar-refractivity contribution is 6.00. The molecule has 3 nitrogen and oxygen atoms in total. The van der Waals surface area contributed by atoms with Crippen molar-refractivity contribution in [3.63, 3.8) is 0 Å². The zero-order valence-electron chi connectivity index (χ0n) is 33.9. The monoisotopic (exact) mass is 780 g/mol. The number of fused-ring (bicyclic) bond motifs is 13. The highest BCUT2D eigenvalue weighted by atomic mass is 16.5. The molecule has 1 aliphatic heterocycles. The number of benzene rings is 9. The third kappa shape index (κ3) is 5.55. The number of rotatable bonds is 3. The van der Waals surface area contributed by atoms with Crippen LogP contribution < -0.4 is 4.74 Å². The lowest BCUT2D eigenvalue weighted by Crippen LogP contribution is -2.15. The normalized spacial score (nSPS) is 13.0. The molecule has 0 fully saturated rings. The molecule has 0 N–H and O–H groups in total. The zero-order valence-corrected chi connectivity index (χ0v) is 33.9. The van der Waals surface area contributed by atoms with Gasteiger partial charge in [-0.15, -0.1) is 0 Å². The summed E-state index contributed by atoms with van der Waals surface area (Å²) in [5, 5.41) is 0. The Morgan fingerprint density at radius 3 is 1.66 bits per heavy atom. The minimum absolute atomic E-state index is 0.197. The first-order chi connectivity index (χ1) is 30.0. The zero-order chi connectivity index (χ0) is 40.7. The summed E-state index contributed by atoms with van der Waals surface area (Å²) < 4.78 is 9.56. The molecule has 0 atom stereocenters. The fraction of sp³-hybridized carbons (Fsp3) is 0.0517. The molecule has 0 spiro atoms. The van der Waals surface area contributed by atoms with Gasteiger partial charge in [0, 0.05) is 27.8 Å². The predicted molar refractivity (Wildman–Crippen MR) is 251 cm³/mol. The maximum absolute atomic E-state index is 7.29. The lowest BCUT2D eigenvalue weighted by atomic mass is 9.81. The largest absolute Gasteiger partial charge is 0.456 e. The summed E-state index contributed by atoms with van der Waals surface area (Å²) in [7, 11) is 0. The minimum Gasteiger partial charge on any atom is -0.456 e. The van der Waals surface area contributed by atoms with Crippen LogP contribution in [0, 0.1) is 0 Å². The Hall–Kier alpha value is -7.75. The summed E-state index contributed by atoms with van der Waals surface area (Å²) in [5.41, 5.74) is 20.3. The Bertz CT molecular complexity index is 3360. The van der Waals surface area contributed by atoms with Gasteiger partial charge in [0.15, 0.2) is 0 Å². The molecule has 12 rings (SSSR count). The first-order valence-electron chi connectivity index (χ1n) is 21.0. The third-order valence-electron chi connectivity index (χ3n) is 12.9. The van der Waals surface area contributed by atoms with Gasteiger partial charge < -0.3 is 4.74 Å². The van der Waals surface area contributed by atoms with Crippen LogP contribution in [0.3, 0.4) is 0 Å². The highest BCUT2D eigenvalue weighted by Crippen LogP contribution is 2.55. The molecule has 0 unspecified atom stereocenters. The quantitative estimate of drug-likeness (QED) is 0.179. The van der Waals surface area contributed by atoms with Crippen LogP contribution >= 0.6 is 0 Å². The maximum atomic E-state index is 7.29. The Labute approximate surface area is 355 Å². The number of para-hydroxylation sites is 2. The molecule has 0 radical (unpaired) electrons. The fourth-order valence-corrected chi connectivity index (χ4v) is 9.89. The van der Waals surface area contributed by atoms with Crippen molar-refractivity contribution in [1.82, 2.24) is 9.55 Å². The molecular weight excluding hydrogens is 741 g/mol. The predicted octanol–water partition coefficient (Wildman–Crippen LogP) is 15.4. The molecule has 61 heavy (non-hydrogen) atoms. The number of imidazole rings is 1. The van der Waals surface area contributed by atoms with E-state index in [0.29, 0.717) is 0 Å². The number of aromatic nitrogens is 2. The molecule has 10 aromatic rings. The van der Waals surface area contributed by atoms with Crippen LogP contribution in [-0.4, -0.2) is 9.55 Å². The summed E-state index contributed by atoms with van der Waals surface area (Å²) in [6.45, 7) is 4.67. The topological polar surface area (TPSA) is 27.1 Å². The van der Waals surface area contributed by atoms with Crippen LogP contribution in [0.5, 0.6) is 11.5 Å². The molecule has 3 heteroatoms. The van der Waals surface area contributed by atoms with E-state index in [-0.39, 0.29) is 5.41 Å². The molecular formula is C58H40N2O. The highest BCUT2D eigenvalue weighted by Gasteiger charge is 2.37. The summed E-state index contributed by atoms with van der Waals surface area (Å²) >= 11 is 0. The van der Waals surface area contributed by atoms with Crippen molar-refractivity contribution in [1.29, 1.82) is 0 Å². The van der Waals surface area contributed by atoms with E-state index >= 15 is 0 Å². The smallest absolute Gasteiger partial charge is 0.145 e. The molecule has 288 valence electrons. The van der Waals surface area contributed by atoms with Crippen molar-refractivity contribution in [2.45, 2.75) is 19.3 Å². The van der Waals surface area contributed by atoms with Crippen molar-refractivity contribution in [3.05, 3.63) is 217 Å². The average Bonchev–Trinajstić information content (AvgIpc) is 3.80. The van der Waals surface area contributed by atoms with Gasteiger partial charge in [0.1, 0.15) is 17.3 Å². The van der Waals surface area contributed by atoms with Crippen molar-refractivity contribution in [2.75, 3.05) is 0 Å². The molecule has 0 amide bonds. The second-order valence-corrected chi connectivity index (χ2v) is 16.7. The van der Waals surface area contributed by atoms with E-state index in [1.54, 1.807) is 0 Å². The molecule has 2 aliphatic rings. The van der Waals surface area contributed by atoms with Gasteiger partial charge in [-0.3, -0.25) is 4.57 Å². The average molecular weight is 781 g/mol. The first kappa shape index (κ1) is 35.2. The lowest BCUT2D eigenvalue weighted by Gasteiger charge is -2.24. The summed E-state index contributed by atoms with van der Waals surface area (Å²) in [6.07, 6.45) is 0. The number of hydrogen-bond donors (Lipinski definition) is 0. The Morgan fingerprint density at radius 1 is 0.377 bits per heavy atom. The summed E-state index contributed by atoms with van der Waals surface area (Å²) in [4.78, 5) is 5.32. The van der Waals surface area contributed by atoms with E-state index in [2.05, 4.69) is 225 Å². The van der Waals surface area contributed by atoms with Gasteiger partial charge in [0.25, 0.3) is 0 Å². The Kier molecular flexibility index (Phi) is 7.88. The van der Waals surface area contributed by atoms with Gasteiger partial charge in [-0.05, 0) is 115 Å². The molecule has 0 bridgehead atoms. The van der Waals surface area contributed by atoms with Crippen molar-refractivity contribution in [2.24, 2.45) is 0 Å². The molecule has 0 saturated carbocycles. The number of nitrogens with zero attached hydrogens (tertiary/aromatic N) is 2. The second kappa shape index (κ2) is 13.7. The van der Waals surface area contributed by atoms with Crippen LogP contribution in [0.15, 0.2) is 206 Å². The molecule has 0 saturated heterocycles. The summed E-state index contributed by atoms with van der Waals surface area (Å²) in [6, 6.07) is 74.3. The second-order valence-electron chi connectivity index (χ2n) is 16.7. The van der Waals surface area contributed by atoms with Gasteiger partial charge in [-0.2, -0.15) is 0 Å². The first-order valence-corrected chi connectivity index (χ1v) is 21.0. The van der Waals surface area contributed by atoms with E-state index in [1.807, 2.05) is 0 Å². The molecule has 1 aliphatic carbocycles. The maximum Gasteiger partial charge on any atom is 0.145 e. The van der Waals surface area contributed by atoms with E-state index < -0.39 is 0 Å². The lowest BCUT2D eigenvalue weighted by molar-refractivity contribution is 0.484. The van der Waals surface area contributed by atoms with Gasteiger partial charge in [0.2, 0.25) is 0 Å². The standard InChI is InChI=1S/C58H40N2O/c1-58(2)51-27-15-13-25-46(51)49-35-50-48-33-38(39-30-32-54-53(34-39)59-57(37-17-5-3-6-18-37)60(54)40-19-7-4-8-20-40)29-31-45(48)43-23-10-9-21-41(43)42-22-11-12-24-44(42)47-26-14-16-28-55(47)61-56(50)36-52(49)58/h3-36H,1-2H3. The van der Waals surface area contributed by atoms with E-state index in [4.69, 9.17) is 9.72 Å². The van der Waals surface area contributed by atoms with Crippen LogP contribution in [-0.2, 0) is 5.41 Å². The van der Waals surface area contributed by atoms with Crippen LogP contribution in [0.2, 0.25) is 0 Å². The Morgan fingerprint density at radius 2 is 0.934 bits per heavy atom. The van der Waals surface area contributed by atoms with Gasteiger partial charge in [0.05, 0.1) is 11.0 Å². The SMILES string of the molecule is CC1(C)c2ccccc2-c2cc3c(cc21)Oc1ccccc1-c1ccccc1-c1ccccc1-c1ccc(-c2ccc4c(c2)nc(-c2ccccc2)n4-c2ccccc2)cc1-3. The van der Waals surface area contributed by atoms with Crippen molar-refractivity contribution < 1.29 is 4.74 Å². The van der Waals surface area contributed by atoms with E-state index in [0.717, 1.165) is 78.6 Å². The molecule has 2 heterocycles.